The van der Waals surface area contributed by atoms with Gasteiger partial charge in [-0.3, -0.25) is 9.59 Å². The summed E-state index contributed by atoms with van der Waals surface area (Å²) in [6.07, 6.45) is 5.95. The van der Waals surface area contributed by atoms with Crippen LogP contribution < -0.4 is 10.6 Å². The second kappa shape index (κ2) is 10.5. The molecule has 0 radical (unpaired) electrons. The number of anilines is 1. The van der Waals surface area contributed by atoms with E-state index in [1.165, 1.54) is 6.42 Å². The van der Waals surface area contributed by atoms with Gasteiger partial charge in [0.1, 0.15) is 5.82 Å². The second-order valence-corrected chi connectivity index (χ2v) is 8.87. The lowest BCUT2D eigenvalue weighted by Crippen LogP contribution is -2.36. The van der Waals surface area contributed by atoms with E-state index in [9.17, 15) is 9.59 Å². The van der Waals surface area contributed by atoms with Crippen molar-refractivity contribution >= 4 is 17.6 Å². The summed E-state index contributed by atoms with van der Waals surface area (Å²) in [5.41, 5.74) is 4.72. The Balaban J connectivity index is 1.53. The van der Waals surface area contributed by atoms with Crippen LogP contribution in [0.5, 0.6) is 0 Å². The van der Waals surface area contributed by atoms with E-state index in [2.05, 4.69) is 10.6 Å². The summed E-state index contributed by atoms with van der Waals surface area (Å²) < 4.78 is 1.77. The first-order valence-corrected chi connectivity index (χ1v) is 11.8. The SMILES string of the molecule is Cc1ccc(-n2nc(C)c(-c3ccccc3)c2NC(=O)CCC(=O)NC2CCCCC2)cc1. The Morgan fingerprint density at radius 1 is 0.909 bits per heavy atom. The predicted molar refractivity (Wildman–Crippen MR) is 131 cm³/mol. The maximum absolute atomic E-state index is 12.9. The zero-order valence-corrected chi connectivity index (χ0v) is 19.4. The van der Waals surface area contributed by atoms with Crippen molar-refractivity contribution in [1.29, 1.82) is 0 Å². The van der Waals surface area contributed by atoms with Crippen molar-refractivity contribution in [2.75, 3.05) is 5.32 Å². The monoisotopic (exact) mass is 444 g/mol. The molecule has 0 unspecified atom stereocenters. The standard InChI is InChI=1S/C27H32N4O2/c1-19-13-15-23(16-14-19)31-27(26(20(2)30-31)21-9-5-3-6-10-21)29-25(33)18-17-24(32)28-22-11-7-4-8-12-22/h3,5-6,9-10,13-16,22H,4,7-8,11-12,17-18H2,1-2H3,(H,28,32)(H,29,33). The van der Waals surface area contributed by atoms with Gasteiger partial charge in [-0.2, -0.15) is 5.10 Å². The average Bonchev–Trinajstić information content (AvgIpc) is 3.15. The third-order valence-electron chi connectivity index (χ3n) is 6.21. The smallest absolute Gasteiger partial charge is 0.226 e. The van der Waals surface area contributed by atoms with Crippen LogP contribution in [0, 0.1) is 13.8 Å². The van der Waals surface area contributed by atoms with Crippen LogP contribution in [0.4, 0.5) is 5.82 Å². The minimum atomic E-state index is -0.195. The van der Waals surface area contributed by atoms with E-state index < -0.39 is 0 Å². The van der Waals surface area contributed by atoms with Gasteiger partial charge in [0.25, 0.3) is 0 Å². The summed E-state index contributed by atoms with van der Waals surface area (Å²) in [6, 6.07) is 18.2. The van der Waals surface area contributed by atoms with Crippen LogP contribution in [0.3, 0.4) is 0 Å². The first-order valence-electron chi connectivity index (χ1n) is 11.8. The first-order chi connectivity index (χ1) is 16.0. The molecule has 172 valence electrons. The lowest BCUT2D eigenvalue weighted by atomic mass is 9.95. The summed E-state index contributed by atoms with van der Waals surface area (Å²) in [4.78, 5) is 25.3. The Morgan fingerprint density at radius 2 is 1.58 bits per heavy atom. The van der Waals surface area contributed by atoms with Crippen molar-refractivity contribution in [1.82, 2.24) is 15.1 Å². The van der Waals surface area contributed by atoms with Crippen LogP contribution in [0.1, 0.15) is 56.2 Å². The molecule has 33 heavy (non-hydrogen) atoms. The molecule has 2 aromatic carbocycles. The van der Waals surface area contributed by atoms with E-state index in [0.717, 1.165) is 53.8 Å². The van der Waals surface area contributed by atoms with Crippen LogP contribution in [-0.4, -0.2) is 27.6 Å². The van der Waals surface area contributed by atoms with Gasteiger partial charge in [-0.25, -0.2) is 4.68 Å². The minimum absolute atomic E-state index is 0.0523. The molecule has 1 fully saturated rings. The molecule has 6 nitrogen and oxygen atoms in total. The Bertz CT molecular complexity index is 1100. The topological polar surface area (TPSA) is 76.0 Å². The van der Waals surface area contributed by atoms with Gasteiger partial charge in [0.2, 0.25) is 11.8 Å². The molecule has 0 saturated heterocycles. The number of hydrogen-bond donors (Lipinski definition) is 2. The largest absolute Gasteiger partial charge is 0.353 e. The first kappa shape index (κ1) is 22.8. The number of aryl methyl sites for hydroxylation is 2. The number of aromatic nitrogens is 2. The number of benzene rings is 2. The molecule has 1 aromatic heterocycles. The van der Waals surface area contributed by atoms with Crippen molar-refractivity contribution in [2.24, 2.45) is 0 Å². The third kappa shape index (κ3) is 5.69. The molecule has 1 aliphatic rings. The highest BCUT2D eigenvalue weighted by Gasteiger charge is 2.21. The van der Waals surface area contributed by atoms with Gasteiger partial charge in [-0.05, 0) is 44.4 Å². The van der Waals surface area contributed by atoms with Gasteiger partial charge in [-0.1, -0.05) is 67.3 Å². The normalized spacial score (nSPS) is 14.1. The summed E-state index contributed by atoms with van der Waals surface area (Å²) >= 11 is 0. The maximum Gasteiger partial charge on any atom is 0.226 e. The second-order valence-electron chi connectivity index (χ2n) is 8.87. The molecule has 1 heterocycles. The van der Waals surface area contributed by atoms with Crippen molar-refractivity contribution in [3.05, 3.63) is 65.9 Å². The van der Waals surface area contributed by atoms with E-state index >= 15 is 0 Å². The highest BCUT2D eigenvalue weighted by Crippen LogP contribution is 2.33. The Kier molecular flexibility index (Phi) is 7.23. The molecule has 1 saturated carbocycles. The van der Waals surface area contributed by atoms with Crippen LogP contribution in [-0.2, 0) is 9.59 Å². The lowest BCUT2D eigenvalue weighted by molar-refractivity contribution is -0.125. The van der Waals surface area contributed by atoms with Crippen LogP contribution >= 0.6 is 0 Å². The van der Waals surface area contributed by atoms with E-state index in [0.29, 0.717) is 5.82 Å². The molecule has 4 rings (SSSR count). The summed E-state index contributed by atoms with van der Waals surface area (Å²) in [5, 5.41) is 10.9. The zero-order valence-electron chi connectivity index (χ0n) is 19.4. The van der Waals surface area contributed by atoms with Gasteiger partial charge in [0.15, 0.2) is 0 Å². The Morgan fingerprint density at radius 3 is 2.27 bits per heavy atom. The van der Waals surface area contributed by atoms with Crippen molar-refractivity contribution in [3.8, 4) is 16.8 Å². The molecule has 6 heteroatoms. The Hall–Kier alpha value is -3.41. The highest BCUT2D eigenvalue weighted by atomic mass is 16.2. The maximum atomic E-state index is 12.9. The number of amides is 2. The predicted octanol–water partition coefficient (Wildman–Crippen LogP) is 5.32. The molecule has 2 N–H and O–H groups in total. The fourth-order valence-corrected chi connectivity index (χ4v) is 4.43. The minimum Gasteiger partial charge on any atom is -0.353 e. The van der Waals surface area contributed by atoms with Crippen molar-refractivity contribution in [2.45, 2.75) is 64.8 Å². The average molecular weight is 445 g/mol. The molecule has 0 spiro atoms. The van der Waals surface area contributed by atoms with Crippen LogP contribution in [0.2, 0.25) is 0 Å². The summed E-state index contributed by atoms with van der Waals surface area (Å²) in [5.74, 6) is 0.378. The fourth-order valence-electron chi connectivity index (χ4n) is 4.43. The molecule has 2 amide bonds. The number of hydrogen-bond acceptors (Lipinski definition) is 3. The number of nitrogens with zero attached hydrogens (tertiary/aromatic N) is 2. The van der Waals surface area contributed by atoms with Gasteiger partial charge < -0.3 is 10.6 Å². The lowest BCUT2D eigenvalue weighted by Gasteiger charge is -2.22. The fraction of sp³-hybridized carbons (Fsp3) is 0.370. The van der Waals surface area contributed by atoms with E-state index in [1.807, 2.05) is 68.4 Å². The van der Waals surface area contributed by atoms with Crippen LogP contribution in [0.25, 0.3) is 16.8 Å². The van der Waals surface area contributed by atoms with E-state index in [4.69, 9.17) is 5.10 Å². The molecule has 0 aliphatic heterocycles. The van der Waals surface area contributed by atoms with Gasteiger partial charge in [0, 0.05) is 24.4 Å². The molecule has 1 aliphatic carbocycles. The third-order valence-corrected chi connectivity index (χ3v) is 6.21. The van der Waals surface area contributed by atoms with E-state index in [-0.39, 0.29) is 30.7 Å². The van der Waals surface area contributed by atoms with Crippen molar-refractivity contribution < 1.29 is 9.59 Å². The Labute approximate surface area is 195 Å². The molecule has 3 aromatic rings. The number of carbonyl (C=O) groups is 2. The summed E-state index contributed by atoms with van der Waals surface area (Å²) in [7, 11) is 0. The zero-order chi connectivity index (χ0) is 23.2. The molecule has 0 bridgehead atoms. The van der Waals surface area contributed by atoms with Crippen molar-refractivity contribution in [3.63, 3.8) is 0 Å². The number of carbonyl (C=O) groups excluding carboxylic acids is 2. The van der Waals surface area contributed by atoms with Gasteiger partial charge in [-0.15, -0.1) is 0 Å². The number of nitrogens with one attached hydrogen (secondary N) is 2. The van der Waals surface area contributed by atoms with Crippen LogP contribution in [0.15, 0.2) is 54.6 Å². The molecular formula is C27H32N4O2. The molecular weight excluding hydrogens is 412 g/mol. The molecule has 0 atom stereocenters. The highest BCUT2D eigenvalue weighted by molar-refractivity contribution is 5.97. The van der Waals surface area contributed by atoms with E-state index in [1.54, 1.807) is 4.68 Å². The summed E-state index contributed by atoms with van der Waals surface area (Å²) in [6.45, 7) is 3.98. The quantitative estimate of drug-likeness (QED) is 0.518. The number of rotatable bonds is 7. The van der Waals surface area contributed by atoms with Gasteiger partial charge in [0.05, 0.1) is 11.4 Å². The van der Waals surface area contributed by atoms with Gasteiger partial charge >= 0.3 is 0 Å².